The first-order valence-electron chi connectivity index (χ1n) is 5.51. The van der Waals surface area contributed by atoms with Crippen LogP contribution >= 0.6 is 0 Å². The molecular formula is C12H16F2N2O. The normalized spacial score (nSPS) is 12.2. The van der Waals surface area contributed by atoms with Crippen LogP contribution in [0.5, 0.6) is 0 Å². The molecule has 0 radical (unpaired) electrons. The van der Waals surface area contributed by atoms with Gasteiger partial charge in [-0.05, 0) is 18.7 Å². The van der Waals surface area contributed by atoms with Gasteiger partial charge in [-0.2, -0.15) is 0 Å². The highest BCUT2D eigenvalue weighted by molar-refractivity contribution is 5.92. The van der Waals surface area contributed by atoms with Gasteiger partial charge in [-0.1, -0.05) is 13.8 Å². The van der Waals surface area contributed by atoms with Crippen molar-refractivity contribution in [1.29, 1.82) is 0 Å². The summed E-state index contributed by atoms with van der Waals surface area (Å²) in [5.41, 5.74) is -0.127. The maximum Gasteiger partial charge on any atom is 0.228 e. The first kappa shape index (κ1) is 13.6. The predicted octanol–water partition coefficient (Wildman–Crippen LogP) is 2.15. The lowest BCUT2D eigenvalue weighted by atomic mass is 10.1. The van der Waals surface area contributed by atoms with E-state index in [1.165, 1.54) is 0 Å². The summed E-state index contributed by atoms with van der Waals surface area (Å²) in [7, 11) is 0. The van der Waals surface area contributed by atoms with Crippen LogP contribution in [0.15, 0.2) is 18.2 Å². The molecule has 0 saturated carbocycles. The van der Waals surface area contributed by atoms with E-state index in [1.807, 2.05) is 6.92 Å². The zero-order valence-electron chi connectivity index (χ0n) is 9.89. The van der Waals surface area contributed by atoms with Gasteiger partial charge < -0.3 is 10.6 Å². The molecule has 0 fully saturated rings. The number of hydrogen-bond donors (Lipinski definition) is 2. The molecule has 1 aromatic rings. The molecule has 94 valence electrons. The molecule has 1 amide bonds. The Morgan fingerprint density at radius 3 is 2.76 bits per heavy atom. The van der Waals surface area contributed by atoms with Crippen LogP contribution in [0.2, 0.25) is 0 Å². The second-order valence-electron chi connectivity index (χ2n) is 3.82. The zero-order chi connectivity index (χ0) is 12.8. The Kier molecular flexibility index (Phi) is 5.03. The van der Waals surface area contributed by atoms with Gasteiger partial charge in [0.2, 0.25) is 5.91 Å². The second kappa shape index (κ2) is 6.30. The first-order chi connectivity index (χ1) is 8.04. The lowest BCUT2D eigenvalue weighted by Crippen LogP contribution is -2.30. The Bertz CT molecular complexity index is 396. The SMILES string of the molecule is CCNCC(C)C(=O)Nc1cc(F)ccc1F. The number of nitrogens with one attached hydrogen (secondary N) is 2. The Morgan fingerprint density at radius 2 is 2.12 bits per heavy atom. The van der Waals surface area contributed by atoms with Crippen LogP contribution in [0.25, 0.3) is 0 Å². The van der Waals surface area contributed by atoms with Crippen molar-refractivity contribution in [2.75, 3.05) is 18.4 Å². The highest BCUT2D eigenvalue weighted by Crippen LogP contribution is 2.16. The molecule has 0 saturated heterocycles. The molecule has 2 N–H and O–H groups in total. The lowest BCUT2D eigenvalue weighted by Gasteiger charge is -2.12. The van der Waals surface area contributed by atoms with Crippen molar-refractivity contribution in [2.24, 2.45) is 5.92 Å². The Labute approximate surface area is 99.2 Å². The Balaban J connectivity index is 2.64. The van der Waals surface area contributed by atoms with Gasteiger partial charge in [0.1, 0.15) is 11.6 Å². The molecule has 0 aromatic heterocycles. The largest absolute Gasteiger partial charge is 0.323 e. The third-order valence-electron chi connectivity index (χ3n) is 2.33. The number of carbonyl (C=O) groups excluding carboxylic acids is 1. The van der Waals surface area contributed by atoms with E-state index in [2.05, 4.69) is 10.6 Å². The van der Waals surface area contributed by atoms with Crippen molar-refractivity contribution in [2.45, 2.75) is 13.8 Å². The molecule has 1 rings (SSSR count). The maximum absolute atomic E-state index is 13.2. The van der Waals surface area contributed by atoms with E-state index in [0.717, 1.165) is 24.7 Å². The van der Waals surface area contributed by atoms with E-state index in [1.54, 1.807) is 6.92 Å². The molecule has 0 heterocycles. The van der Waals surface area contributed by atoms with Gasteiger partial charge >= 0.3 is 0 Å². The van der Waals surface area contributed by atoms with Crippen molar-refractivity contribution in [3.63, 3.8) is 0 Å². The van der Waals surface area contributed by atoms with Crippen LogP contribution in [-0.4, -0.2) is 19.0 Å². The van der Waals surface area contributed by atoms with E-state index in [0.29, 0.717) is 6.54 Å². The topological polar surface area (TPSA) is 41.1 Å². The summed E-state index contributed by atoms with van der Waals surface area (Å²) < 4.78 is 26.1. The van der Waals surface area contributed by atoms with Crippen molar-refractivity contribution >= 4 is 11.6 Å². The summed E-state index contributed by atoms with van der Waals surface area (Å²) in [6, 6.07) is 2.96. The van der Waals surface area contributed by atoms with Crippen molar-refractivity contribution in [3.8, 4) is 0 Å². The smallest absolute Gasteiger partial charge is 0.228 e. The quantitative estimate of drug-likeness (QED) is 0.830. The van der Waals surface area contributed by atoms with Crippen molar-refractivity contribution in [1.82, 2.24) is 5.32 Å². The molecule has 17 heavy (non-hydrogen) atoms. The average Bonchev–Trinajstić information content (AvgIpc) is 2.30. The highest BCUT2D eigenvalue weighted by atomic mass is 19.1. The summed E-state index contributed by atoms with van der Waals surface area (Å²) in [6.07, 6.45) is 0. The van der Waals surface area contributed by atoms with Gasteiger partial charge in [0.15, 0.2) is 0 Å². The van der Waals surface area contributed by atoms with Gasteiger partial charge in [0.05, 0.1) is 5.69 Å². The fourth-order valence-electron chi connectivity index (χ4n) is 1.30. The molecule has 0 aliphatic carbocycles. The van der Waals surface area contributed by atoms with Gasteiger partial charge in [-0.15, -0.1) is 0 Å². The number of rotatable bonds is 5. The number of carbonyl (C=O) groups is 1. The summed E-state index contributed by atoms with van der Waals surface area (Å²) in [6.45, 7) is 4.90. The fraction of sp³-hybridized carbons (Fsp3) is 0.417. The minimum atomic E-state index is -0.643. The predicted molar refractivity (Wildman–Crippen MR) is 62.7 cm³/mol. The number of hydrogen-bond acceptors (Lipinski definition) is 2. The molecule has 0 aliphatic heterocycles. The minimum Gasteiger partial charge on any atom is -0.323 e. The van der Waals surface area contributed by atoms with Gasteiger partial charge in [-0.25, -0.2) is 8.78 Å². The van der Waals surface area contributed by atoms with Gasteiger partial charge in [0.25, 0.3) is 0 Å². The third kappa shape index (κ3) is 4.11. The monoisotopic (exact) mass is 242 g/mol. The van der Waals surface area contributed by atoms with Crippen LogP contribution in [0.1, 0.15) is 13.8 Å². The third-order valence-corrected chi connectivity index (χ3v) is 2.33. The van der Waals surface area contributed by atoms with Gasteiger partial charge in [0, 0.05) is 18.5 Å². The van der Waals surface area contributed by atoms with E-state index < -0.39 is 11.6 Å². The second-order valence-corrected chi connectivity index (χ2v) is 3.82. The molecule has 3 nitrogen and oxygen atoms in total. The molecule has 5 heteroatoms. The molecule has 1 unspecified atom stereocenters. The van der Waals surface area contributed by atoms with Crippen LogP contribution in [0.4, 0.5) is 14.5 Å². The molecular weight excluding hydrogens is 226 g/mol. The summed E-state index contributed by atoms with van der Waals surface area (Å²) in [4.78, 5) is 11.6. The van der Waals surface area contributed by atoms with Crippen LogP contribution in [-0.2, 0) is 4.79 Å². The molecule has 1 aromatic carbocycles. The molecule has 0 bridgehead atoms. The number of benzene rings is 1. The summed E-state index contributed by atoms with van der Waals surface area (Å²) in [5, 5.41) is 5.38. The van der Waals surface area contributed by atoms with Crippen LogP contribution in [0.3, 0.4) is 0 Å². The minimum absolute atomic E-state index is 0.127. The van der Waals surface area contributed by atoms with E-state index in [4.69, 9.17) is 0 Å². The summed E-state index contributed by atoms with van der Waals surface area (Å²) >= 11 is 0. The zero-order valence-corrected chi connectivity index (χ0v) is 9.89. The van der Waals surface area contributed by atoms with Crippen LogP contribution < -0.4 is 10.6 Å². The summed E-state index contributed by atoms with van der Waals surface area (Å²) in [5.74, 6) is -1.87. The van der Waals surface area contributed by atoms with E-state index in [-0.39, 0.29) is 17.5 Å². The molecule has 1 atom stereocenters. The number of anilines is 1. The van der Waals surface area contributed by atoms with Gasteiger partial charge in [-0.3, -0.25) is 4.79 Å². The van der Waals surface area contributed by atoms with E-state index >= 15 is 0 Å². The standard InChI is InChI=1S/C12H16F2N2O/c1-3-15-7-8(2)12(17)16-11-6-9(13)4-5-10(11)14/h4-6,8,15H,3,7H2,1-2H3,(H,16,17). The van der Waals surface area contributed by atoms with E-state index in [9.17, 15) is 13.6 Å². The molecule has 0 spiro atoms. The Hall–Kier alpha value is -1.49. The average molecular weight is 242 g/mol. The Morgan fingerprint density at radius 1 is 1.41 bits per heavy atom. The van der Waals surface area contributed by atoms with Crippen molar-refractivity contribution in [3.05, 3.63) is 29.8 Å². The fourth-order valence-corrected chi connectivity index (χ4v) is 1.30. The number of halogens is 2. The first-order valence-corrected chi connectivity index (χ1v) is 5.51. The highest BCUT2D eigenvalue weighted by Gasteiger charge is 2.14. The van der Waals surface area contributed by atoms with Crippen molar-refractivity contribution < 1.29 is 13.6 Å². The lowest BCUT2D eigenvalue weighted by molar-refractivity contribution is -0.119. The molecule has 0 aliphatic rings. The maximum atomic E-state index is 13.2. The van der Waals surface area contributed by atoms with Crippen LogP contribution in [0, 0.1) is 17.6 Å². The number of amides is 1.